The summed E-state index contributed by atoms with van der Waals surface area (Å²) < 4.78 is 13.7. The summed E-state index contributed by atoms with van der Waals surface area (Å²) in [7, 11) is 0. The molecule has 3 heteroatoms. The van der Waals surface area contributed by atoms with Gasteiger partial charge in [-0.1, -0.05) is 0 Å². The van der Waals surface area contributed by atoms with E-state index in [1.165, 1.54) is 6.42 Å². The predicted molar refractivity (Wildman–Crippen MR) is 58.6 cm³/mol. The van der Waals surface area contributed by atoms with Gasteiger partial charge >= 0.3 is 0 Å². The second-order valence-corrected chi connectivity index (χ2v) is 4.95. The van der Waals surface area contributed by atoms with Crippen molar-refractivity contribution in [1.29, 1.82) is 0 Å². The van der Waals surface area contributed by atoms with Crippen LogP contribution in [0.5, 0.6) is 0 Å². The van der Waals surface area contributed by atoms with Gasteiger partial charge in [0.15, 0.2) is 0 Å². The zero-order valence-corrected chi connectivity index (χ0v) is 9.70. The normalized spacial score (nSPS) is 19.1. The molecule has 0 atom stereocenters. The Bertz CT molecular complexity index is 372. The van der Waals surface area contributed by atoms with Crippen LogP contribution in [0.15, 0.2) is 16.6 Å². The third-order valence-electron chi connectivity index (χ3n) is 3.05. The standard InChI is InChI=1S/C11H13BrFN/c1-7-5-10(13)9(12)6-8(7)11(14)3-2-4-11/h5-6H,2-4,14H2,1H3. The monoisotopic (exact) mass is 257 g/mol. The fourth-order valence-electron chi connectivity index (χ4n) is 2.01. The summed E-state index contributed by atoms with van der Waals surface area (Å²) in [5.74, 6) is -0.214. The topological polar surface area (TPSA) is 26.0 Å². The molecule has 76 valence electrons. The Morgan fingerprint density at radius 1 is 1.43 bits per heavy atom. The van der Waals surface area contributed by atoms with E-state index in [2.05, 4.69) is 15.9 Å². The summed E-state index contributed by atoms with van der Waals surface area (Å²) in [5.41, 5.74) is 8.02. The van der Waals surface area contributed by atoms with Crippen LogP contribution in [0.3, 0.4) is 0 Å². The Morgan fingerprint density at radius 2 is 2.07 bits per heavy atom. The molecule has 0 unspecified atom stereocenters. The summed E-state index contributed by atoms with van der Waals surface area (Å²) in [4.78, 5) is 0. The smallest absolute Gasteiger partial charge is 0.137 e. The summed E-state index contributed by atoms with van der Waals surface area (Å²) in [6, 6.07) is 3.37. The van der Waals surface area contributed by atoms with E-state index in [0.29, 0.717) is 4.47 Å². The molecule has 1 nitrogen and oxygen atoms in total. The average molecular weight is 258 g/mol. The van der Waals surface area contributed by atoms with Crippen molar-refractivity contribution >= 4 is 15.9 Å². The minimum absolute atomic E-state index is 0.208. The number of hydrogen-bond acceptors (Lipinski definition) is 1. The zero-order valence-electron chi connectivity index (χ0n) is 8.11. The second kappa shape index (κ2) is 3.31. The molecule has 0 heterocycles. The molecule has 0 spiro atoms. The first-order valence-electron chi connectivity index (χ1n) is 4.78. The summed E-state index contributed by atoms with van der Waals surface area (Å²) in [6.07, 6.45) is 3.18. The number of rotatable bonds is 1. The lowest BCUT2D eigenvalue weighted by Crippen LogP contribution is -2.43. The molecule has 0 amide bonds. The Kier molecular flexibility index (Phi) is 2.40. The van der Waals surface area contributed by atoms with Gasteiger partial charge in [-0.05, 0) is 65.4 Å². The first-order chi connectivity index (χ1) is 6.53. The maximum atomic E-state index is 13.2. The van der Waals surface area contributed by atoms with Crippen molar-refractivity contribution in [3.8, 4) is 0 Å². The van der Waals surface area contributed by atoms with E-state index in [0.717, 1.165) is 24.0 Å². The highest BCUT2D eigenvalue weighted by atomic mass is 79.9. The Labute approximate surface area is 91.6 Å². The van der Waals surface area contributed by atoms with Crippen molar-refractivity contribution < 1.29 is 4.39 Å². The van der Waals surface area contributed by atoms with Crippen LogP contribution in [0.25, 0.3) is 0 Å². The second-order valence-electron chi connectivity index (χ2n) is 4.09. The fraction of sp³-hybridized carbons (Fsp3) is 0.455. The third kappa shape index (κ3) is 1.48. The van der Waals surface area contributed by atoms with Crippen molar-refractivity contribution in [2.75, 3.05) is 0 Å². The molecule has 2 rings (SSSR count). The van der Waals surface area contributed by atoms with Gasteiger partial charge in [-0.2, -0.15) is 0 Å². The molecular weight excluding hydrogens is 245 g/mol. The van der Waals surface area contributed by atoms with Gasteiger partial charge < -0.3 is 5.73 Å². The van der Waals surface area contributed by atoms with Crippen LogP contribution in [-0.4, -0.2) is 0 Å². The average Bonchev–Trinajstić information content (AvgIpc) is 2.07. The van der Waals surface area contributed by atoms with Crippen LogP contribution in [0, 0.1) is 12.7 Å². The van der Waals surface area contributed by atoms with E-state index < -0.39 is 0 Å². The fourth-order valence-corrected chi connectivity index (χ4v) is 2.35. The maximum Gasteiger partial charge on any atom is 0.137 e. The minimum atomic E-state index is -0.214. The third-order valence-corrected chi connectivity index (χ3v) is 3.66. The van der Waals surface area contributed by atoms with Crippen molar-refractivity contribution in [3.05, 3.63) is 33.5 Å². The number of benzene rings is 1. The van der Waals surface area contributed by atoms with E-state index >= 15 is 0 Å². The molecule has 1 fully saturated rings. The van der Waals surface area contributed by atoms with Crippen LogP contribution in [0.4, 0.5) is 4.39 Å². The summed E-state index contributed by atoms with van der Waals surface area (Å²) >= 11 is 3.20. The number of hydrogen-bond donors (Lipinski definition) is 1. The van der Waals surface area contributed by atoms with Gasteiger partial charge in [-0.3, -0.25) is 0 Å². The van der Waals surface area contributed by atoms with Crippen LogP contribution >= 0.6 is 15.9 Å². The minimum Gasteiger partial charge on any atom is -0.321 e. The Hall–Kier alpha value is -0.410. The van der Waals surface area contributed by atoms with Gasteiger partial charge in [0, 0.05) is 5.54 Å². The van der Waals surface area contributed by atoms with E-state index in [1.54, 1.807) is 6.07 Å². The van der Waals surface area contributed by atoms with Crippen molar-refractivity contribution in [2.45, 2.75) is 31.7 Å². The summed E-state index contributed by atoms with van der Waals surface area (Å²) in [6.45, 7) is 1.91. The van der Waals surface area contributed by atoms with E-state index in [9.17, 15) is 4.39 Å². The van der Waals surface area contributed by atoms with E-state index in [-0.39, 0.29) is 11.4 Å². The number of aryl methyl sites for hydroxylation is 1. The van der Waals surface area contributed by atoms with Gasteiger partial charge in [0.05, 0.1) is 4.47 Å². The lowest BCUT2D eigenvalue weighted by atomic mass is 9.71. The molecule has 0 aromatic heterocycles. The molecule has 1 aliphatic rings. The van der Waals surface area contributed by atoms with Crippen LogP contribution in [0.2, 0.25) is 0 Å². The van der Waals surface area contributed by atoms with Crippen molar-refractivity contribution in [1.82, 2.24) is 0 Å². The Balaban J connectivity index is 2.48. The number of nitrogens with two attached hydrogens (primary N) is 1. The van der Waals surface area contributed by atoms with Gasteiger partial charge in [-0.25, -0.2) is 4.39 Å². The SMILES string of the molecule is Cc1cc(F)c(Br)cc1C1(N)CCC1. The van der Waals surface area contributed by atoms with Gasteiger partial charge in [0.2, 0.25) is 0 Å². The molecule has 1 aliphatic carbocycles. The largest absolute Gasteiger partial charge is 0.321 e. The molecule has 1 aromatic carbocycles. The van der Waals surface area contributed by atoms with Gasteiger partial charge in [0.25, 0.3) is 0 Å². The molecule has 1 saturated carbocycles. The summed E-state index contributed by atoms with van der Waals surface area (Å²) in [5, 5.41) is 0. The molecule has 14 heavy (non-hydrogen) atoms. The van der Waals surface area contributed by atoms with Crippen molar-refractivity contribution in [3.63, 3.8) is 0 Å². The maximum absolute atomic E-state index is 13.2. The lowest BCUT2D eigenvalue weighted by molar-refractivity contribution is 0.252. The highest BCUT2D eigenvalue weighted by Crippen LogP contribution is 2.41. The molecule has 0 radical (unpaired) electrons. The highest BCUT2D eigenvalue weighted by Gasteiger charge is 2.35. The molecule has 0 saturated heterocycles. The molecular formula is C11H13BrFN. The van der Waals surface area contributed by atoms with Crippen LogP contribution in [0.1, 0.15) is 30.4 Å². The van der Waals surface area contributed by atoms with E-state index in [1.807, 2.05) is 13.0 Å². The zero-order chi connectivity index (χ0) is 10.3. The predicted octanol–water partition coefficient (Wildman–Crippen LogP) is 3.23. The first-order valence-corrected chi connectivity index (χ1v) is 5.57. The van der Waals surface area contributed by atoms with Crippen molar-refractivity contribution in [2.24, 2.45) is 5.73 Å². The molecule has 2 N–H and O–H groups in total. The number of halogens is 2. The highest BCUT2D eigenvalue weighted by molar-refractivity contribution is 9.10. The van der Waals surface area contributed by atoms with Crippen LogP contribution in [-0.2, 0) is 5.54 Å². The Morgan fingerprint density at radius 3 is 2.57 bits per heavy atom. The lowest BCUT2D eigenvalue weighted by Gasteiger charge is -2.39. The van der Waals surface area contributed by atoms with Crippen LogP contribution < -0.4 is 5.73 Å². The first kappa shape index (κ1) is 10.1. The molecule has 1 aromatic rings. The molecule has 0 aliphatic heterocycles. The van der Waals surface area contributed by atoms with Gasteiger partial charge in [0.1, 0.15) is 5.82 Å². The van der Waals surface area contributed by atoms with E-state index in [4.69, 9.17) is 5.73 Å². The molecule has 0 bridgehead atoms. The quantitative estimate of drug-likeness (QED) is 0.822. The van der Waals surface area contributed by atoms with Gasteiger partial charge in [-0.15, -0.1) is 0 Å².